The molecule has 3 aliphatic rings. The molecule has 3 fully saturated rings. The predicted octanol–water partition coefficient (Wildman–Crippen LogP) is 2.67. The molecule has 3 amide bonds. The zero-order valence-corrected chi connectivity index (χ0v) is 26.5. The first-order valence-electron chi connectivity index (χ1n) is 15.8. The molecule has 0 aromatic carbocycles. The first kappa shape index (κ1) is 34.4. The number of alkyl halides is 4. The highest BCUT2D eigenvalue weighted by molar-refractivity contribution is 6.48. The number of nitrogens with one attached hydrogen (secondary N) is 2. The third kappa shape index (κ3) is 6.22. The molecule has 3 aromatic rings. The Hall–Kier alpha value is -3.49. The quantitative estimate of drug-likeness (QED) is 0.255. The monoisotopic (exact) mass is 660 g/mol. The number of halogens is 4. The van der Waals surface area contributed by atoms with Crippen molar-refractivity contribution in [3.63, 3.8) is 0 Å². The van der Waals surface area contributed by atoms with Crippen LogP contribution in [0.25, 0.3) is 5.65 Å². The molecular formula is C29H32B4F4N8O3. The van der Waals surface area contributed by atoms with E-state index >= 15 is 8.78 Å². The molecule has 8 radical (unpaired) electrons. The van der Waals surface area contributed by atoms with Crippen molar-refractivity contribution in [3.05, 3.63) is 47.7 Å². The number of nitrogens with zero attached hydrogens (tertiary/aromatic N) is 6. The number of aromatic nitrogens is 5. The average molecular weight is 660 g/mol. The molecule has 0 bridgehead atoms. The number of imidazole rings is 1. The maximum atomic E-state index is 15.4. The van der Waals surface area contributed by atoms with Gasteiger partial charge in [0.05, 0.1) is 74.3 Å². The molecule has 1 aliphatic heterocycles. The van der Waals surface area contributed by atoms with Gasteiger partial charge in [0.15, 0.2) is 5.65 Å². The highest BCUT2D eigenvalue weighted by Gasteiger charge is 2.64. The van der Waals surface area contributed by atoms with Crippen LogP contribution < -0.4 is 10.6 Å². The number of urea groups is 1. The van der Waals surface area contributed by atoms with Gasteiger partial charge in [0.25, 0.3) is 11.8 Å². The molecule has 2 N–H and O–H groups in total. The summed E-state index contributed by atoms with van der Waals surface area (Å²) in [6, 6.07) is -0.270. The lowest BCUT2D eigenvalue weighted by Crippen LogP contribution is -2.83. The standard InChI is InChI=1S/C29H32B4F4N8O3/c1-15(2)45-20(7-10-38-45)24(46)41-23(16-5-8-26(34,35)9-6-16)19-13-43-22(40-19)11-17(12-39-43)21(14-48-18-3-4-18)44-25(47)42-28(30,31)27(36,37)29(44,32)33/h7,10-13,15-16,18,21,23H,3-6,8-9,14H2,1-2H3,(H,41,46)(H,42,47). The second-order valence-electron chi connectivity index (χ2n) is 13.3. The third-order valence-corrected chi connectivity index (χ3v) is 9.25. The Balaban J connectivity index is 1.36. The summed E-state index contributed by atoms with van der Waals surface area (Å²) in [4.78, 5) is 31.9. The molecule has 4 heterocycles. The number of amides is 3. The molecule has 246 valence electrons. The van der Waals surface area contributed by atoms with E-state index in [2.05, 4.69) is 20.5 Å². The second-order valence-corrected chi connectivity index (χ2v) is 13.3. The van der Waals surface area contributed by atoms with E-state index in [1.165, 1.54) is 23.0 Å². The molecule has 19 heteroatoms. The Morgan fingerprint density at radius 3 is 2.44 bits per heavy atom. The lowest BCUT2D eigenvalue weighted by atomic mass is 9.43. The predicted molar refractivity (Wildman–Crippen MR) is 168 cm³/mol. The van der Waals surface area contributed by atoms with E-state index in [1.54, 1.807) is 16.9 Å². The largest absolute Gasteiger partial charge is 0.376 e. The van der Waals surface area contributed by atoms with Crippen LogP contribution in [0.2, 0.25) is 0 Å². The molecule has 11 nitrogen and oxygen atoms in total. The molecule has 48 heavy (non-hydrogen) atoms. The van der Waals surface area contributed by atoms with E-state index in [4.69, 9.17) is 36.1 Å². The normalized spacial score (nSPS) is 23.1. The number of rotatable bonds is 10. The molecule has 1 saturated heterocycles. The zero-order valence-electron chi connectivity index (χ0n) is 26.5. The summed E-state index contributed by atoms with van der Waals surface area (Å²) in [5, 5.41) is 7.28. The molecular weight excluding hydrogens is 628 g/mol. The Labute approximate surface area is 279 Å². The van der Waals surface area contributed by atoms with Crippen LogP contribution in [0.3, 0.4) is 0 Å². The first-order chi connectivity index (χ1) is 22.4. The topological polar surface area (TPSA) is 119 Å². The van der Waals surface area contributed by atoms with Gasteiger partial charge >= 0.3 is 6.03 Å². The minimum Gasteiger partial charge on any atom is -0.376 e. The molecule has 2 aliphatic carbocycles. The number of carbonyl (C=O) groups is 2. The highest BCUT2D eigenvalue weighted by atomic mass is 19.3. The highest BCUT2D eigenvalue weighted by Crippen LogP contribution is 2.44. The third-order valence-electron chi connectivity index (χ3n) is 9.25. The van der Waals surface area contributed by atoms with Gasteiger partial charge in [0.2, 0.25) is 5.92 Å². The summed E-state index contributed by atoms with van der Waals surface area (Å²) in [7, 11) is 22.9. The van der Waals surface area contributed by atoms with Crippen molar-refractivity contribution in [1.29, 1.82) is 0 Å². The molecule has 0 spiro atoms. The van der Waals surface area contributed by atoms with Crippen molar-refractivity contribution >= 4 is 49.0 Å². The summed E-state index contributed by atoms with van der Waals surface area (Å²) >= 11 is 0. The van der Waals surface area contributed by atoms with Crippen LogP contribution >= 0.6 is 0 Å². The van der Waals surface area contributed by atoms with Crippen molar-refractivity contribution in [2.75, 3.05) is 6.61 Å². The van der Waals surface area contributed by atoms with Crippen LogP contribution in [0.4, 0.5) is 22.4 Å². The molecule has 2 saturated carbocycles. The van der Waals surface area contributed by atoms with Gasteiger partial charge in [-0.2, -0.15) is 10.2 Å². The number of carbonyl (C=O) groups excluding carboxylic acids is 2. The van der Waals surface area contributed by atoms with Crippen molar-refractivity contribution in [2.24, 2.45) is 5.92 Å². The van der Waals surface area contributed by atoms with E-state index in [0.29, 0.717) is 16.3 Å². The molecule has 3 aromatic heterocycles. The molecule has 2 atom stereocenters. The summed E-state index contributed by atoms with van der Waals surface area (Å²) in [5.74, 6) is -7.85. The van der Waals surface area contributed by atoms with Crippen molar-refractivity contribution in [2.45, 2.75) is 99.1 Å². The van der Waals surface area contributed by atoms with Gasteiger partial charge in [0, 0.05) is 41.3 Å². The van der Waals surface area contributed by atoms with Gasteiger partial charge in [0.1, 0.15) is 5.69 Å². The van der Waals surface area contributed by atoms with E-state index < -0.39 is 46.5 Å². The summed E-state index contributed by atoms with van der Waals surface area (Å²) in [6.07, 6.45) is 5.31. The van der Waals surface area contributed by atoms with Gasteiger partial charge in [-0.25, -0.2) is 31.9 Å². The summed E-state index contributed by atoms with van der Waals surface area (Å²) in [5.41, 5.74) is 1.05. The van der Waals surface area contributed by atoms with Gasteiger partial charge in [-0.3, -0.25) is 9.48 Å². The van der Waals surface area contributed by atoms with E-state index in [0.717, 1.165) is 12.8 Å². The maximum Gasteiger partial charge on any atom is 0.316 e. The SMILES string of the molecule is [B]C1([B])NC(=O)N(C(COC2CC2)c2cnn3cc(C(NC(=O)c4ccnn4C(C)C)C4CCC(F)(F)CC4)nc3c2)C([B])([B])C1(F)F. The second kappa shape index (κ2) is 12.1. The number of hydrogen-bond donors (Lipinski definition) is 2. The van der Waals surface area contributed by atoms with E-state index in [9.17, 15) is 18.4 Å². The minimum atomic E-state index is -4.21. The number of fused-ring (bicyclic) bond motifs is 1. The zero-order chi connectivity index (χ0) is 34.8. The summed E-state index contributed by atoms with van der Waals surface area (Å²) in [6.45, 7) is 3.47. The maximum absolute atomic E-state index is 15.4. The van der Waals surface area contributed by atoms with Gasteiger partial charge in [-0.05, 0) is 57.6 Å². The van der Waals surface area contributed by atoms with Crippen molar-refractivity contribution in [1.82, 2.24) is 39.9 Å². The lowest BCUT2D eigenvalue weighted by molar-refractivity contribution is -0.109. The number of ether oxygens (including phenoxy) is 1. The van der Waals surface area contributed by atoms with Crippen LogP contribution in [0.5, 0.6) is 0 Å². The average Bonchev–Trinajstić information content (AvgIpc) is 3.51. The fraction of sp³-hybridized carbons (Fsp3) is 0.621. The molecule has 6 rings (SSSR count). The van der Waals surface area contributed by atoms with Crippen LogP contribution in [-0.4, -0.2) is 108 Å². The fourth-order valence-corrected chi connectivity index (χ4v) is 6.34. The van der Waals surface area contributed by atoms with Crippen molar-refractivity contribution in [3.8, 4) is 0 Å². The van der Waals surface area contributed by atoms with Gasteiger partial charge < -0.3 is 20.3 Å². The lowest BCUT2D eigenvalue weighted by Gasteiger charge is -2.58. The van der Waals surface area contributed by atoms with Crippen LogP contribution in [-0.2, 0) is 4.74 Å². The fourth-order valence-electron chi connectivity index (χ4n) is 6.34. The Morgan fingerprint density at radius 1 is 1.10 bits per heavy atom. The Kier molecular flexibility index (Phi) is 8.69. The van der Waals surface area contributed by atoms with Gasteiger partial charge in [-0.1, -0.05) is 0 Å². The first-order valence-corrected chi connectivity index (χ1v) is 15.8. The van der Waals surface area contributed by atoms with Crippen LogP contribution in [0, 0.1) is 5.92 Å². The van der Waals surface area contributed by atoms with Crippen molar-refractivity contribution < 1.29 is 31.9 Å². The summed E-state index contributed by atoms with van der Waals surface area (Å²) < 4.78 is 67.9. The minimum absolute atomic E-state index is 0.115. The Bertz CT molecular complexity index is 1690. The van der Waals surface area contributed by atoms with Crippen LogP contribution in [0.1, 0.15) is 92.2 Å². The van der Waals surface area contributed by atoms with Gasteiger partial charge in [-0.15, -0.1) is 0 Å². The number of hydrogen-bond acceptors (Lipinski definition) is 6. The Morgan fingerprint density at radius 2 is 1.79 bits per heavy atom. The van der Waals surface area contributed by atoms with E-state index in [1.807, 2.05) is 19.2 Å². The molecule has 2 unspecified atom stereocenters. The van der Waals surface area contributed by atoms with E-state index in [-0.39, 0.29) is 61.6 Å². The smallest absolute Gasteiger partial charge is 0.316 e. The van der Waals surface area contributed by atoms with Crippen LogP contribution in [0.15, 0.2) is 30.7 Å².